The number of ether oxygens (including phenoxy) is 5. The Balaban J connectivity index is 0.000000248. The van der Waals surface area contributed by atoms with E-state index < -0.39 is 11.7 Å². The number of alkyl halides is 3. The summed E-state index contributed by atoms with van der Waals surface area (Å²) in [6, 6.07) is 23.0. The van der Waals surface area contributed by atoms with Crippen LogP contribution in [0.25, 0.3) is 11.1 Å². The number of hydrogen-bond donors (Lipinski definition) is 1. The van der Waals surface area contributed by atoms with Crippen LogP contribution in [0, 0.1) is 5.92 Å². The van der Waals surface area contributed by atoms with E-state index in [9.17, 15) is 27.9 Å². The highest BCUT2D eigenvalue weighted by Gasteiger charge is 2.31. The van der Waals surface area contributed by atoms with Gasteiger partial charge in [-0.2, -0.15) is 13.2 Å². The van der Waals surface area contributed by atoms with E-state index in [1.807, 2.05) is 49.4 Å². The summed E-state index contributed by atoms with van der Waals surface area (Å²) in [6.07, 6.45) is -3.82. The molecule has 11 heteroatoms. The van der Waals surface area contributed by atoms with Crippen LogP contribution < -0.4 is 14.2 Å². The Labute approximate surface area is 294 Å². The van der Waals surface area contributed by atoms with Gasteiger partial charge in [-0.05, 0) is 64.1 Å². The third kappa shape index (κ3) is 9.22. The van der Waals surface area contributed by atoms with Crippen molar-refractivity contribution >= 4 is 11.9 Å². The molecule has 0 aliphatic carbocycles. The van der Waals surface area contributed by atoms with Crippen molar-refractivity contribution in [1.29, 1.82) is 0 Å². The van der Waals surface area contributed by atoms with E-state index in [2.05, 4.69) is 6.58 Å². The van der Waals surface area contributed by atoms with Crippen LogP contribution in [0.2, 0.25) is 0 Å². The molecule has 0 saturated carbocycles. The molecule has 0 aromatic heterocycles. The fourth-order valence-corrected chi connectivity index (χ4v) is 6.04. The smallest absolute Gasteiger partial charge is 0.416 e. The molecule has 0 bridgehead atoms. The summed E-state index contributed by atoms with van der Waals surface area (Å²) >= 11 is 0. The Hall–Kier alpha value is -5.45. The fourth-order valence-electron chi connectivity index (χ4n) is 6.04. The van der Waals surface area contributed by atoms with Crippen LogP contribution in [-0.2, 0) is 31.8 Å². The fraction of sp³-hybridized carbons (Fsp3) is 0.300. The lowest BCUT2D eigenvalue weighted by atomic mass is 9.83. The summed E-state index contributed by atoms with van der Waals surface area (Å²) in [5, 5.41) is 9.40. The van der Waals surface area contributed by atoms with Crippen molar-refractivity contribution in [3.05, 3.63) is 119 Å². The SMILES string of the molecule is C=C1COc2cc(OCc3cccc(-c4ccc(C(F)(F)F)cc4)c3)ccc2C1CC(=O)OC.COC(=O)CC1c2ccc(O)cc2OCC1C. The second-order valence-electron chi connectivity index (χ2n) is 12.4. The Kier molecular flexibility index (Phi) is 11.6. The van der Waals surface area contributed by atoms with Gasteiger partial charge in [-0.25, -0.2) is 0 Å². The number of phenols is 1. The van der Waals surface area contributed by atoms with Crippen molar-refractivity contribution < 1.29 is 51.6 Å². The van der Waals surface area contributed by atoms with Gasteiger partial charge in [0, 0.05) is 29.5 Å². The zero-order valence-corrected chi connectivity index (χ0v) is 28.5. The highest BCUT2D eigenvalue weighted by Crippen LogP contribution is 2.42. The highest BCUT2D eigenvalue weighted by atomic mass is 19.4. The molecule has 268 valence electrons. The molecule has 51 heavy (non-hydrogen) atoms. The van der Waals surface area contributed by atoms with Gasteiger partial charge in [-0.15, -0.1) is 0 Å². The third-order valence-corrected chi connectivity index (χ3v) is 8.94. The molecule has 4 aromatic rings. The molecule has 2 aliphatic rings. The van der Waals surface area contributed by atoms with E-state index in [0.717, 1.165) is 40.0 Å². The van der Waals surface area contributed by atoms with E-state index >= 15 is 0 Å². The van der Waals surface area contributed by atoms with Gasteiger partial charge in [0.05, 0.1) is 39.2 Å². The van der Waals surface area contributed by atoms with Crippen molar-refractivity contribution in [1.82, 2.24) is 0 Å². The minimum absolute atomic E-state index is 0.0896. The van der Waals surface area contributed by atoms with Gasteiger partial charge < -0.3 is 28.8 Å². The summed E-state index contributed by atoms with van der Waals surface area (Å²) in [6.45, 7) is 7.19. The molecule has 6 rings (SSSR count). The van der Waals surface area contributed by atoms with Gasteiger partial charge in [0.2, 0.25) is 0 Å². The first-order valence-electron chi connectivity index (χ1n) is 16.3. The van der Waals surface area contributed by atoms with Crippen LogP contribution in [-0.4, -0.2) is 44.5 Å². The lowest BCUT2D eigenvalue weighted by Gasteiger charge is -2.30. The molecule has 1 N–H and O–H groups in total. The van der Waals surface area contributed by atoms with Gasteiger partial charge in [0.15, 0.2) is 0 Å². The molecule has 0 radical (unpaired) electrons. The lowest BCUT2D eigenvalue weighted by Crippen LogP contribution is -2.25. The number of rotatable bonds is 8. The predicted molar refractivity (Wildman–Crippen MR) is 184 cm³/mol. The number of carbonyl (C=O) groups is 2. The minimum atomic E-state index is -4.36. The maximum absolute atomic E-state index is 12.8. The average Bonchev–Trinajstić information content (AvgIpc) is 3.13. The van der Waals surface area contributed by atoms with Crippen LogP contribution in [0.15, 0.2) is 97.1 Å². The Morgan fingerprint density at radius 1 is 0.843 bits per heavy atom. The monoisotopic (exact) mass is 704 g/mol. The minimum Gasteiger partial charge on any atom is -0.508 e. The molecule has 0 amide bonds. The molecule has 0 spiro atoms. The van der Waals surface area contributed by atoms with E-state index in [4.69, 9.17) is 23.7 Å². The number of fused-ring (bicyclic) bond motifs is 2. The van der Waals surface area contributed by atoms with Crippen LogP contribution in [0.4, 0.5) is 13.2 Å². The van der Waals surface area contributed by atoms with Crippen molar-refractivity contribution in [3.8, 4) is 34.1 Å². The second-order valence-corrected chi connectivity index (χ2v) is 12.4. The van der Waals surface area contributed by atoms with Crippen LogP contribution in [0.1, 0.15) is 53.9 Å². The normalized spacial score (nSPS) is 17.7. The lowest BCUT2D eigenvalue weighted by molar-refractivity contribution is -0.142. The van der Waals surface area contributed by atoms with Crippen molar-refractivity contribution in [2.75, 3.05) is 27.4 Å². The van der Waals surface area contributed by atoms with E-state index in [1.54, 1.807) is 18.2 Å². The van der Waals surface area contributed by atoms with Gasteiger partial charge in [-0.1, -0.05) is 56.0 Å². The number of methoxy groups -OCH3 is 2. The number of phenolic OH excluding ortho intramolecular Hbond substituents is 1. The Morgan fingerprint density at radius 2 is 1.53 bits per heavy atom. The van der Waals surface area contributed by atoms with Gasteiger partial charge >= 0.3 is 18.1 Å². The molecule has 3 atom stereocenters. The number of carbonyl (C=O) groups excluding carboxylic acids is 2. The summed E-state index contributed by atoms with van der Waals surface area (Å²) in [5.41, 5.74) is 4.31. The van der Waals surface area contributed by atoms with Crippen LogP contribution in [0.5, 0.6) is 23.0 Å². The summed E-state index contributed by atoms with van der Waals surface area (Å²) < 4.78 is 65.2. The zero-order chi connectivity index (χ0) is 36.7. The molecule has 4 aromatic carbocycles. The summed E-state index contributed by atoms with van der Waals surface area (Å²) in [4.78, 5) is 23.2. The Morgan fingerprint density at radius 3 is 2.24 bits per heavy atom. The standard InChI is InChI=1S/C27H23F3O4.C13H16O4/c1-17-15-34-25-13-22(10-11-23(25)24(17)14-26(31)32-2)33-16-18-4-3-5-20(12-18)19-6-8-21(9-7-19)27(28,29)30;1-8-7-17-12-5-9(14)3-4-10(12)11(8)6-13(15)16-2/h3-13,24H,1,14-16H2,2H3;3-5,8,11,14H,6-7H2,1-2H3. The molecule has 0 fully saturated rings. The van der Waals surface area contributed by atoms with Crippen LogP contribution in [0.3, 0.4) is 0 Å². The first-order chi connectivity index (χ1) is 24.4. The van der Waals surface area contributed by atoms with Crippen molar-refractivity contribution in [2.45, 2.75) is 44.4 Å². The summed E-state index contributed by atoms with van der Waals surface area (Å²) in [5.74, 6) is 1.71. The molecule has 2 heterocycles. The van der Waals surface area contributed by atoms with E-state index in [1.165, 1.54) is 26.4 Å². The maximum Gasteiger partial charge on any atom is 0.416 e. The highest BCUT2D eigenvalue weighted by molar-refractivity contribution is 5.72. The first-order valence-corrected chi connectivity index (χ1v) is 16.3. The maximum atomic E-state index is 12.8. The molecule has 8 nitrogen and oxygen atoms in total. The van der Waals surface area contributed by atoms with E-state index in [0.29, 0.717) is 42.4 Å². The van der Waals surface area contributed by atoms with Crippen molar-refractivity contribution in [3.63, 3.8) is 0 Å². The number of halogens is 3. The number of hydrogen-bond acceptors (Lipinski definition) is 8. The van der Waals surface area contributed by atoms with Gasteiger partial charge in [-0.3, -0.25) is 9.59 Å². The number of benzene rings is 4. The molecule has 0 saturated heterocycles. The third-order valence-electron chi connectivity index (χ3n) is 8.94. The van der Waals surface area contributed by atoms with Crippen LogP contribution >= 0.6 is 0 Å². The number of esters is 2. The summed E-state index contributed by atoms with van der Waals surface area (Å²) in [7, 11) is 2.75. The second kappa shape index (κ2) is 16.1. The molecular formula is C40H39F3O8. The Bertz CT molecular complexity index is 1870. The van der Waals surface area contributed by atoms with E-state index in [-0.39, 0.29) is 48.5 Å². The van der Waals surface area contributed by atoms with Gasteiger partial charge in [0.1, 0.15) is 36.2 Å². The average molecular weight is 705 g/mol. The predicted octanol–water partition coefficient (Wildman–Crippen LogP) is 8.61. The number of aromatic hydroxyl groups is 1. The largest absolute Gasteiger partial charge is 0.508 e. The molecular weight excluding hydrogens is 665 g/mol. The van der Waals surface area contributed by atoms with Gasteiger partial charge in [0.25, 0.3) is 0 Å². The molecule has 3 unspecified atom stereocenters. The first kappa shape index (κ1) is 36.8. The molecule has 2 aliphatic heterocycles. The quantitative estimate of drug-likeness (QED) is 0.144. The zero-order valence-electron chi connectivity index (χ0n) is 28.5. The topological polar surface area (TPSA) is 101 Å². The van der Waals surface area contributed by atoms with Crippen molar-refractivity contribution in [2.24, 2.45) is 5.92 Å².